The molecule has 0 spiro atoms. The van der Waals surface area contributed by atoms with Gasteiger partial charge < -0.3 is 20.3 Å². The van der Waals surface area contributed by atoms with E-state index in [-0.39, 0.29) is 0 Å². The molecule has 2 heterocycles. The van der Waals surface area contributed by atoms with E-state index >= 15 is 0 Å². The minimum Gasteiger partial charge on any atom is -0.423 e. The predicted octanol–water partition coefficient (Wildman–Crippen LogP) is 29.7. The molecule has 115 heavy (non-hydrogen) atoms. The lowest BCUT2D eigenvalue weighted by atomic mass is 9.80. The molecule has 0 fully saturated rings. The fraction of sp³-hybridized carbons (Fsp3) is 0.0204. The molecule has 3 N–H and O–H groups in total. The molecule has 2 unspecified atom stereocenters. The van der Waals surface area contributed by atoms with Crippen molar-refractivity contribution < 1.29 is 18.5 Å². The van der Waals surface area contributed by atoms with E-state index in [4.69, 9.17) is 56.5 Å². The Balaban J connectivity index is 0.000000125. The number of para-hydroxylation sites is 4. The van der Waals surface area contributed by atoms with Gasteiger partial charge in [0, 0.05) is 131 Å². The summed E-state index contributed by atoms with van der Waals surface area (Å²) < 4.78 is 30.3. The van der Waals surface area contributed by atoms with E-state index in [1.54, 1.807) is 30.5 Å². The van der Waals surface area contributed by atoms with Crippen LogP contribution >= 0.6 is 101 Å². The van der Waals surface area contributed by atoms with Crippen LogP contribution in [0.25, 0.3) is 96.0 Å². The van der Waals surface area contributed by atoms with Crippen LogP contribution in [-0.4, -0.2) is 38.1 Å². The minimum absolute atomic E-state index is 0.304. The van der Waals surface area contributed by atoms with Gasteiger partial charge in [-0.2, -0.15) is 0 Å². The number of hydrogen-bond acceptors (Lipinski definition) is 8. The standard InChI is InChI=1S/C30H20ClNS.C19H15ClOS.C18H10BrClS.C12H8BrCl.C12H11N.C7H9BO3S/c31-23-9-7-8-21(18-23)22-14-16-27-28-20-26(15-17-29(28)33-30(27)19-22)32(24-10-3-1-4-11-24)25-12-5-2-6-13-25;1-22(21)19-8-3-2-7-18(19)15-11-9-14(10-12-15)16-5-4-6-17(20)13-16;19-13-5-7-17-16(10-13)15-6-4-12(9-18(15)21-17)11-2-1-3-14(20)8-11;13-11-6-4-9(5-7-11)10-2-1-3-12(14)8-10;1-3-7-11(8-4-1)13-12-9-5-2-6-10-12;1-12(11)7-5-3-2-4-6(7)8(9)10/h1-20H;2-13H,1H3;1-10H;1-8H;1-10,13H;2-5,9-10H,1H3. The lowest BCUT2D eigenvalue weighted by molar-refractivity contribution is 0.425. The first-order chi connectivity index (χ1) is 55.9. The van der Waals surface area contributed by atoms with Gasteiger partial charge >= 0.3 is 7.12 Å². The van der Waals surface area contributed by atoms with Gasteiger partial charge in [0.15, 0.2) is 0 Å². The molecule has 18 rings (SSSR count). The number of rotatable bonds is 13. The Morgan fingerprint density at radius 2 is 0.661 bits per heavy atom. The highest BCUT2D eigenvalue weighted by Crippen LogP contribution is 2.43. The fourth-order valence-electron chi connectivity index (χ4n) is 12.9. The Bertz CT molecular complexity index is 6270. The number of anilines is 5. The molecule has 17 heteroatoms. The van der Waals surface area contributed by atoms with Crippen LogP contribution in [0.15, 0.2) is 407 Å². The topological polar surface area (TPSA) is 89.9 Å². The van der Waals surface area contributed by atoms with Crippen LogP contribution in [0.2, 0.25) is 20.1 Å². The molecule has 568 valence electrons. The van der Waals surface area contributed by atoms with E-state index in [0.29, 0.717) is 10.4 Å². The zero-order chi connectivity index (χ0) is 80.2. The molecule has 0 saturated heterocycles. The summed E-state index contributed by atoms with van der Waals surface area (Å²) in [6, 6.07) is 130. The average molecular weight is 1780 g/mol. The predicted molar refractivity (Wildman–Crippen MR) is 506 cm³/mol. The first-order valence-corrected chi connectivity index (χ1v) is 44.3. The highest BCUT2D eigenvalue weighted by atomic mass is 79.9. The summed E-state index contributed by atoms with van der Waals surface area (Å²) in [5.41, 5.74) is 17.3. The second-order valence-corrected chi connectivity index (χ2v) is 34.7. The van der Waals surface area contributed by atoms with E-state index in [9.17, 15) is 8.42 Å². The van der Waals surface area contributed by atoms with Gasteiger partial charge in [0.05, 0.1) is 10.8 Å². The number of fused-ring (bicyclic) bond motifs is 6. The molecule has 0 bridgehead atoms. The third-order valence-corrected chi connectivity index (χ3v) is 24.6. The minimum atomic E-state index is -1.55. The van der Waals surface area contributed by atoms with Gasteiger partial charge in [-0.3, -0.25) is 8.42 Å². The first kappa shape index (κ1) is 82.9. The molecule has 6 nitrogen and oxygen atoms in total. The lowest BCUT2D eigenvalue weighted by Crippen LogP contribution is -2.32. The number of thiophene rings is 2. The molecule has 0 amide bonds. The maximum atomic E-state index is 11.9. The van der Waals surface area contributed by atoms with Crippen LogP contribution < -0.4 is 15.7 Å². The third kappa shape index (κ3) is 22.3. The third-order valence-electron chi connectivity index (χ3n) is 18.4. The zero-order valence-corrected chi connectivity index (χ0v) is 71.5. The zero-order valence-electron chi connectivity index (χ0n) is 62.1. The SMILES string of the molecule is CS(=O)c1ccccc1-c1ccc(-c2cccc(Cl)c2)cc1.CS(=O)c1ccccc1B(O)O.Clc1cccc(-c2ccc(Br)cc2)c1.Clc1cccc(-c2ccc3c(c2)sc2ccc(Br)cc23)c1.Clc1cccc(-c2ccc3c(c2)sc2ccc(N(c4ccccc4)c4ccccc4)cc23)c1.c1ccc(Nc2ccccc2)cc1. The molecule has 0 aliphatic carbocycles. The van der Waals surface area contributed by atoms with Crippen LogP contribution in [0.1, 0.15) is 0 Å². The summed E-state index contributed by atoms with van der Waals surface area (Å²) >= 11 is 34.9. The van der Waals surface area contributed by atoms with Crippen molar-refractivity contribution in [1.82, 2.24) is 0 Å². The van der Waals surface area contributed by atoms with Crippen molar-refractivity contribution in [3.05, 3.63) is 417 Å². The molecular formula is C98H73BBr2Cl4N2O4S4. The Kier molecular flexibility index (Phi) is 29.2. The van der Waals surface area contributed by atoms with Crippen molar-refractivity contribution in [2.45, 2.75) is 9.79 Å². The van der Waals surface area contributed by atoms with Crippen molar-refractivity contribution in [3.63, 3.8) is 0 Å². The van der Waals surface area contributed by atoms with Crippen LogP contribution in [0.4, 0.5) is 28.4 Å². The van der Waals surface area contributed by atoms with Crippen LogP contribution in [0, 0.1) is 0 Å². The van der Waals surface area contributed by atoms with Gasteiger partial charge in [-0.25, -0.2) is 0 Å². The van der Waals surface area contributed by atoms with Gasteiger partial charge in [-0.15, -0.1) is 22.7 Å². The molecule has 18 aromatic rings. The van der Waals surface area contributed by atoms with Crippen molar-refractivity contribution >= 4 is 204 Å². The van der Waals surface area contributed by atoms with E-state index in [0.717, 1.165) is 101 Å². The lowest BCUT2D eigenvalue weighted by Gasteiger charge is -2.25. The number of hydrogen-bond donors (Lipinski definition) is 3. The summed E-state index contributed by atoms with van der Waals surface area (Å²) in [4.78, 5) is 3.63. The monoisotopic (exact) mass is 1780 g/mol. The number of halogens is 6. The van der Waals surface area contributed by atoms with Gasteiger partial charge in [-0.05, 0) is 231 Å². The Morgan fingerprint density at radius 3 is 1.10 bits per heavy atom. The van der Waals surface area contributed by atoms with Crippen molar-refractivity contribution in [1.29, 1.82) is 0 Å². The normalized spacial score (nSPS) is 11.2. The highest BCUT2D eigenvalue weighted by molar-refractivity contribution is 9.10. The Hall–Kier alpha value is -10.0. The molecule has 16 aromatic carbocycles. The van der Waals surface area contributed by atoms with Crippen molar-refractivity contribution in [2.24, 2.45) is 0 Å². The van der Waals surface area contributed by atoms with Crippen molar-refractivity contribution in [2.75, 3.05) is 22.7 Å². The average Bonchev–Trinajstić information content (AvgIpc) is 1.65. The van der Waals surface area contributed by atoms with Gasteiger partial charge in [0.1, 0.15) is 0 Å². The molecule has 2 atom stereocenters. The maximum Gasteiger partial charge on any atom is 0.489 e. The van der Waals surface area contributed by atoms with Crippen LogP contribution in [0.3, 0.4) is 0 Å². The molecular weight excluding hydrogens is 1710 g/mol. The summed E-state index contributed by atoms with van der Waals surface area (Å²) in [5, 5.41) is 29.3. The molecule has 0 aliphatic rings. The van der Waals surface area contributed by atoms with Gasteiger partial charge in [-0.1, -0.05) is 297 Å². The highest BCUT2D eigenvalue weighted by Gasteiger charge is 2.18. The molecule has 0 saturated carbocycles. The summed E-state index contributed by atoms with van der Waals surface area (Å²) in [6.45, 7) is 0. The fourth-order valence-corrected chi connectivity index (χ4v) is 18.1. The Morgan fingerprint density at radius 1 is 0.304 bits per heavy atom. The number of nitrogens with zero attached hydrogens (tertiary/aromatic N) is 1. The van der Waals surface area contributed by atoms with E-state index < -0.39 is 28.7 Å². The number of benzene rings is 16. The largest absolute Gasteiger partial charge is 0.489 e. The van der Waals surface area contributed by atoms with Gasteiger partial charge in [0.2, 0.25) is 0 Å². The molecule has 0 radical (unpaired) electrons. The molecule has 0 aliphatic heterocycles. The first-order valence-electron chi connectivity index (χ1n) is 36.4. The van der Waals surface area contributed by atoms with E-state index in [1.165, 1.54) is 63.3 Å². The van der Waals surface area contributed by atoms with Crippen LogP contribution in [-0.2, 0) is 21.6 Å². The van der Waals surface area contributed by atoms with E-state index in [1.807, 2.05) is 199 Å². The van der Waals surface area contributed by atoms with E-state index in [2.05, 4.69) is 230 Å². The number of nitrogens with one attached hydrogen (secondary N) is 1. The van der Waals surface area contributed by atoms with Crippen molar-refractivity contribution in [3.8, 4) is 55.6 Å². The van der Waals surface area contributed by atoms with Crippen LogP contribution in [0.5, 0.6) is 0 Å². The smallest absolute Gasteiger partial charge is 0.423 e. The van der Waals surface area contributed by atoms with Gasteiger partial charge in [0.25, 0.3) is 0 Å². The summed E-state index contributed by atoms with van der Waals surface area (Å²) in [6.07, 6.45) is 3.21. The molecule has 2 aromatic heterocycles. The second kappa shape index (κ2) is 40.5. The maximum absolute atomic E-state index is 11.9. The Labute approximate surface area is 720 Å². The second-order valence-electron chi connectivity index (χ2n) is 26.3. The quantitative estimate of drug-likeness (QED) is 0.0997. The summed E-state index contributed by atoms with van der Waals surface area (Å²) in [5.74, 6) is 0. The summed E-state index contributed by atoms with van der Waals surface area (Å²) in [7, 11) is -3.73.